The molecular formula is C13H16FN. The van der Waals surface area contributed by atoms with Gasteiger partial charge in [0.25, 0.3) is 0 Å². The Morgan fingerprint density at radius 1 is 1.47 bits per heavy atom. The molecule has 2 aliphatic carbocycles. The van der Waals surface area contributed by atoms with Crippen molar-refractivity contribution < 1.29 is 4.39 Å². The van der Waals surface area contributed by atoms with Crippen LogP contribution in [0.4, 0.5) is 4.39 Å². The molecule has 1 fully saturated rings. The molecule has 0 aromatic heterocycles. The second-order valence-corrected chi connectivity index (χ2v) is 4.97. The Bertz CT molecular complexity index is 396. The minimum Gasteiger partial charge on any atom is -0.319 e. The normalized spacial score (nSPS) is 25.6. The van der Waals surface area contributed by atoms with Gasteiger partial charge in [0.05, 0.1) is 0 Å². The van der Waals surface area contributed by atoms with Gasteiger partial charge in [0.2, 0.25) is 0 Å². The van der Waals surface area contributed by atoms with Crippen molar-refractivity contribution in [3.05, 3.63) is 35.1 Å². The van der Waals surface area contributed by atoms with Crippen molar-refractivity contribution in [1.82, 2.24) is 5.32 Å². The number of hydrogen-bond acceptors (Lipinski definition) is 1. The van der Waals surface area contributed by atoms with E-state index < -0.39 is 0 Å². The van der Waals surface area contributed by atoms with E-state index in [1.165, 1.54) is 30.4 Å². The largest absolute Gasteiger partial charge is 0.319 e. The molecule has 1 aromatic rings. The Morgan fingerprint density at radius 2 is 2.27 bits per heavy atom. The zero-order valence-electron chi connectivity index (χ0n) is 9.02. The van der Waals surface area contributed by atoms with Crippen LogP contribution in [-0.2, 0) is 5.41 Å². The quantitative estimate of drug-likeness (QED) is 0.782. The molecule has 1 spiro atoms. The maximum Gasteiger partial charge on any atom is 0.123 e. The van der Waals surface area contributed by atoms with Gasteiger partial charge in [-0.1, -0.05) is 6.07 Å². The summed E-state index contributed by atoms with van der Waals surface area (Å²) in [6, 6.07) is 5.35. The van der Waals surface area contributed by atoms with Crippen LogP contribution in [0.3, 0.4) is 0 Å². The minimum absolute atomic E-state index is 0.0786. The number of fused-ring (bicyclic) bond motifs is 2. The molecule has 1 N–H and O–H groups in total. The zero-order valence-corrected chi connectivity index (χ0v) is 9.02. The summed E-state index contributed by atoms with van der Waals surface area (Å²) in [6.45, 7) is 1.01. The van der Waals surface area contributed by atoms with E-state index in [0.717, 1.165) is 6.54 Å². The SMILES string of the molecule is CNCC1CC2(CC2)c2cc(F)ccc21. The minimum atomic E-state index is -0.0786. The molecule has 0 saturated heterocycles. The van der Waals surface area contributed by atoms with Crippen LogP contribution < -0.4 is 5.32 Å². The smallest absolute Gasteiger partial charge is 0.123 e. The standard InChI is InChI=1S/C13H16FN/c1-15-8-9-7-13(4-5-13)12-6-10(14)2-3-11(9)12/h2-3,6,9,15H,4-5,7-8H2,1H3. The van der Waals surface area contributed by atoms with E-state index in [9.17, 15) is 4.39 Å². The lowest BCUT2D eigenvalue weighted by molar-refractivity contribution is 0.555. The molecule has 1 aromatic carbocycles. The van der Waals surface area contributed by atoms with Crippen LogP contribution in [0.25, 0.3) is 0 Å². The fraction of sp³-hybridized carbons (Fsp3) is 0.538. The second kappa shape index (κ2) is 3.05. The van der Waals surface area contributed by atoms with Crippen molar-refractivity contribution in [2.45, 2.75) is 30.6 Å². The van der Waals surface area contributed by atoms with Crippen molar-refractivity contribution in [2.75, 3.05) is 13.6 Å². The van der Waals surface area contributed by atoms with E-state index >= 15 is 0 Å². The molecule has 1 atom stereocenters. The summed E-state index contributed by atoms with van der Waals surface area (Å²) in [5.74, 6) is 0.512. The van der Waals surface area contributed by atoms with Gasteiger partial charge in [0.1, 0.15) is 5.82 Å². The Balaban J connectivity index is 2.04. The van der Waals surface area contributed by atoms with Crippen LogP contribution in [0.1, 0.15) is 36.3 Å². The van der Waals surface area contributed by atoms with Crippen LogP contribution in [0.2, 0.25) is 0 Å². The molecule has 1 unspecified atom stereocenters. The number of hydrogen-bond donors (Lipinski definition) is 1. The van der Waals surface area contributed by atoms with Gasteiger partial charge in [-0.05, 0) is 60.9 Å². The summed E-state index contributed by atoms with van der Waals surface area (Å²) in [7, 11) is 1.99. The van der Waals surface area contributed by atoms with E-state index in [1.54, 1.807) is 12.1 Å². The Morgan fingerprint density at radius 3 is 2.93 bits per heavy atom. The summed E-state index contributed by atoms with van der Waals surface area (Å²) in [5, 5.41) is 3.24. The summed E-state index contributed by atoms with van der Waals surface area (Å²) in [4.78, 5) is 0. The van der Waals surface area contributed by atoms with Gasteiger partial charge in [-0.25, -0.2) is 4.39 Å². The predicted octanol–water partition coefficient (Wildman–Crippen LogP) is 2.56. The zero-order chi connectivity index (χ0) is 10.5. The van der Waals surface area contributed by atoms with Crippen molar-refractivity contribution >= 4 is 0 Å². The second-order valence-electron chi connectivity index (χ2n) is 4.97. The van der Waals surface area contributed by atoms with Crippen LogP contribution in [-0.4, -0.2) is 13.6 Å². The van der Waals surface area contributed by atoms with E-state index in [0.29, 0.717) is 11.3 Å². The average molecular weight is 205 g/mol. The molecule has 3 rings (SSSR count). The molecule has 0 aliphatic heterocycles. The third-order valence-electron chi connectivity index (χ3n) is 3.97. The van der Waals surface area contributed by atoms with Crippen molar-refractivity contribution in [2.24, 2.45) is 0 Å². The van der Waals surface area contributed by atoms with E-state index in [-0.39, 0.29) is 5.82 Å². The molecular weight excluding hydrogens is 189 g/mol. The molecule has 0 radical (unpaired) electrons. The first-order chi connectivity index (χ1) is 7.25. The first kappa shape index (κ1) is 9.34. The molecule has 0 bridgehead atoms. The monoisotopic (exact) mass is 205 g/mol. The van der Waals surface area contributed by atoms with Gasteiger partial charge in [-0.15, -0.1) is 0 Å². The van der Waals surface area contributed by atoms with E-state index in [4.69, 9.17) is 0 Å². The number of halogens is 1. The van der Waals surface area contributed by atoms with E-state index in [1.807, 2.05) is 13.1 Å². The predicted molar refractivity (Wildman–Crippen MR) is 58.6 cm³/mol. The molecule has 80 valence electrons. The molecule has 0 heterocycles. The highest BCUT2D eigenvalue weighted by molar-refractivity contribution is 5.46. The lowest BCUT2D eigenvalue weighted by Gasteiger charge is -2.10. The lowest BCUT2D eigenvalue weighted by Crippen LogP contribution is -2.15. The number of rotatable bonds is 2. The number of benzene rings is 1. The van der Waals surface area contributed by atoms with Gasteiger partial charge in [-0.3, -0.25) is 0 Å². The van der Waals surface area contributed by atoms with Gasteiger partial charge < -0.3 is 5.32 Å². The Kier molecular flexibility index (Phi) is 1.90. The van der Waals surface area contributed by atoms with Crippen LogP contribution in [0, 0.1) is 5.82 Å². The molecule has 15 heavy (non-hydrogen) atoms. The molecule has 1 saturated carbocycles. The summed E-state index contributed by atoms with van der Waals surface area (Å²) in [5.41, 5.74) is 3.03. The highest BCUT2D eigenvalue weighted by Crippen LogP contribution is 2.60. The number of nitrogens with one attached hydrogen (secondary N) is 1. The molecule has 0 amide bonds. The Labute approximate surface area is 89.7 Å². The van der Waals surface area contributed by atoms with Crippen molar-refractivity contribution in [3.63, 3.8) is 0 Å². The van der Waals surface area contributed by atoms with Crippen LogP contribution >= 0.6 is 0 Å². The van der Waals surface area contributed by atoms with Gasteiger partial charge in [0.15, 0.2) is 0 Å². The van der Waals surface area contributed by atoms with E-state index in [2.05, 4.69) is 5.32 Å². The average Bonchev–Trinajstić information content (AvgIpc) is 2.92. The van der Waals surface area contributed by atoms with Crippen LogP contribution in [0.15, 0.2) is 18.2 Å². The van der Waals surface area contributed by atoms with Crippen molar-refractivity contribution in [3.8, 4) is 0 Å². The number of likely N-dealkylation sites (N-methyl/N-ethyl adjacent to an activating group) is 1. The van der Waals surface area contributed by atoms with Crippen LogP contribution in [0.5, 0.6) is 0 Å². The maximum atomic E-state index is 13.2. The van der Waals surface area contributed by atoms with Crippen molar-refractivity contribution in [1.29, 1.82) is 0 Å². The van der Waals surface area contributed by atoms with Gasteiger partial charge >= 0.3 is 0 Å². The third-order valence-corrected chi connectivity index (χ3v) is 3.97. The molecule has 2 aliphatic rings. The topological polar surface area (TPSA) is 12.0 Å². The maximum absolute atomic E-state index is 13.2. The molecule has 2 heteroatoms. The fourth-order valence-electron chi connectivity index (χ4n) is 3.09. The third kappa shape index (κ3) is 1.31. The Hall–Kier alpha value is -0.890. The molecule has 1 nitrogen and oxygen atoms in total. The lowest BCUT2D eigenvalue weighted by atomic mass is 9.98. The highest BCUT2D eigenvalue weighted by Gasteiger charge is 2.51. The first-order valence-corrected chi connectivity index (χ1v) is 5.70. The first-order valence-electron chi connectivity index (χ1n) is 5.70. The summed E-state index contributed by atoms with van der Waals surface area (Å²) >= 11 is 0. The summed E-state index contributed by atoms with van der Waals surface area (Å²) < 4.78 is 13.2. The summed E-state index contributed by atoms with van der Waals surface area (Å²) in [6.07, 6.45) is 3.72. The fourth-order valence-corrected chi connectivity index (χ4v) is 3.09. The van der Waals surface area contributed by atoms with Gasteiger partial charge in [0, 0.05) is 6.54 Å². The highest BCUT2D eigenvalue weighted by atomic mass is 19.1. The van der Waals surface area contributed by atoms with Gasteiger partial charge in [-0.2, -0.15) is 0 Å².